The Bertz CT molecular complexity index is 408. The first-order chi connectivity index (χ1) is 5.83. The zero-order valence-electron chi connectivity index (χ0n) is 6.62. The van der Waals surface area contributed by atoms with Gasteiger partial charge in [-0.15, -0.1) is 0 Å². The number of halogens is 1. The van der Waals surface area contributed by atoms with Crippen molar-refractivity contribution in [2.75, 3.05) is 0 Å². The number of benzene rings is 1. The summed E-state index contributed by atoms with van der Waals surface area (Å²) in [5.74, 6) is 0. The molecule has 1 heterocycles. The highest BCUT2D eigenvalue weighted by Crippen LogP contribution is 2.30. The first kappa shape index (κ1) is 8.44. The van der Waals surface area contributed by atoms with E-state index in [0.717, 1.165) is 0 Å². The normalized spacial score (nSPS) is 10.8. The maximum Gasteiger partial charge on any atom is 0.0860 e. The molecule has 0 saturated heterocycles. The van der Waals surface area contributed by atoms with Gasteiger partial charge in [-0.3, -0.25) is 0 Å². The Kier molecular flexibility index (Phi) is 2.32. The molecule has 0 aliphatic carbocycles. The van der Waals surface area contributed by atoms with Gasteiger partial charge < -0.3 is 4.57 Å². The average Bonchev–Trinajstić information content (AvgIpc) is 2.44. The van der Waals surface area contributed by atoms with Gasteiger partial charge in [0.05, 0.1) is 5.03 Å². The maximum atomic E-state index is 2.31. The number of rotatable bonds is 1. The van der Waals surface area contributed by atoms with Crippen molar-refractivity contribution < 1.29 is 0 Å². The SMILES string of the molecule is Cn1c(SI)cc2ccccc21. The van der Waals surface area contributed by atoms with Crippen LogP contribution >= 0.6 is 30.1 Å². The van der Waals surface area contributed by atoms with Crippen LogP contribution < -0.4 is 0 Å². The molecule has 62 valence electrons. The second-order valence-electron chi connectivity index (χ2n) is 2.68. The molecule has 2 rings (SSSR count). The summed E-state index contributed by atoms with van der Waals surface area (Å²) in [4.78, 5) is 0. The van der Waals surface area contributed by atoms with E-state index < -0.39 is 0 Å². The lowest BCUT2D eigenvalue weighted by atomic mass is 10.2. The van der Waals surface area contributed by atoms with Crippen LogP contribution in [0.1, 0.15) is 0 Å². The Morgan fingerprint density at radius 1 is 1.33 bits per heavy atom. The van der Waals surface area contributed by atoms with Crippen LogP contribution in [-0.4, -0.2) is 4.57 Å². The van der Waals surface area contributed by atoms with Crippen LogP contribution in [0.25, 0.3) is 10.9 Å². The number of hydrogen-bond acceptors (Lipinski definition) is 1. The van der Waals surface area contributed by atoms with Crippen molar-refractivity contribution in [1.29, 1.82) is 0 Å². The lowest BCUT2D eigenvalue weighted by molar-refractivity contribution is 0.866. The van der Waals surface area contributed by atoms with Gasteiger partial charge in [0, 0.05) is 39.2 Å². The van der Waals surface area contributed by atoms with Gasteiger partial charge in [0.2, 0.25) is 0 Å². The second kappa shape index (κ2) is 3.30. The van der Waals surface area contributed by atoms with E-state index in [1.54, 1.807) is 8.93 Å². The molecule has 0 aliphatic rings. The van der Waals surface area contributed by atoms with Crippen LogP contribution in [0.2, 0.25) is 0 Å². The molecule has 1 nitrogen and oxygen atoms in total. The van der Waals surface area contributed by atoms with Crippen LogP contribution in [0, 0.1) is 0 Å². The Morgan fingerprint density at radius 3 is 2.75 bits per heavy atom. The fourth-order valence-corrected chi connectivity index (χ4v) is 2.98. The molecule has 3 heteroatoms. The topological polar surface area (TPSA) is 4.93 Å². The van der Waals surface area contributed by atoms with Gasteiger partial charge >= 0.3 is 0 Å². The Morgan fingerprint density at radius 2 is 2.08 bits per heavy atom. The molecule has 0 radical (unpaired) electrons. The number of hydrogen-bond donors (Lipinski definition) is 0. The molecule has 0 spiro atoms. The largest absolute Gasteiger partial charge is 0.338 e. The van der Waals surface area contributed by atoms with Crippen LogP contribution in [0.5, 0.6) is 0 Å². The average molecular weight is 289 g/mol. The van der Waals surface area contributed by atoms with Crippen LogP contribution in [-0.2, 0) is 7.05 Å². The van der Waals surface area contributed by atoms with Gasteiger partial charge in [-0.2, -0.15) is 0 Å². The minimum Gasteiger partial charge on any atom is -0.338 e. The summed E-state index contributed by atoms with van der Waals surface area (Å²) >= 11 is 2.31. The lowest BCUT2D eigenvalue weighted by Gasteiger charge is -1.97. The van der Waals surface area contributed by atoms with Crippen LogP contribution in [0.15, 0.2) is 35.4 Å². The van der Waals surface area contributed by atoms with Crippen molar-refractivity contribution in [3.05, 3.63) is 30.3 Å². The van der Waals surface area contributed by atoms with E-state index >= 15 is 0 Å². The number of nitrogens with zero attached hydrogens (tertiary/aromatic N) is 1. The van der Waals surface area contributed by atoms with E-state index in [1.807, 2.05) is 0 Å². The fraction of sp³-hybridized carbons (Fsp3) is 0.111. The number of para-hydroxylation sites is 1. The minimum absolute atomic E-state index is 1.30. The summed E-state index contributed by atoms with van der Waals surface area (Å²) in [6.07, 6.45) is 0. The molecule has 0 amide bonds. The van der Waals surface area contributed by atoms with Crippen molar-refractivity contribution in [2.24, 2.45) is 7.05 Å². The number of fused-ring (bicyclic) bond motifs is 1. The molecule has 0 unspecified atom stereocenters. The molecule has 0 atom stereocenters. The molecule has 1 aromatic carbocycles. The quantitative estimate of drug-likeness (QED) is 0.726. The summed E-state index contributed by atoms with van der Waals surface area (Å²) in [6, 6.07) is 10.7. The number of aromatic nitrogens is 1. The zero-order valence-corrected chi connectivity index (χ0v) is 9.59. The van der Waals surface area contributed by atoms with Gasteiger partial charge in [-0.1, -0.05) is 18.2 Å². The molecule has 1 aromatic heterocycles. The zero-order chi connectivity index (χ0) is 8.55. The minimum atomic E-state index is 1.30. The van der Waals surface area contributed by atoms with E-state index in [9.17, 15) is 0 Å². The third-order valence-corrected chi connectivity index (χ3v) is 3.89. The van der Waals surface area contributed by atoms with Gasteiger partial charge in [0.1, 0.15) is 0 Å². The van der Waals surface area contributed by atoms with Gasteiger partial charge in [0.25, 0.3) is 0 Å². The van der Waals surface area contributed by atoms with Crippen LogP contribution in [0.4, 0.5) is 0 Å². The van der Waals surface area contributed by atoms with E-state index in [4.69, 9.17) is 0 Å². The molecule has 0 saturated carbocycles. The van der Waals surface area contributed by atoms with E-state index in [1.165, 1.54) is 15.9 Å². The molecule has 12 heavy (non-hydrogen) atoms. The highest BCUT2D eigenvalue weighted by Gasteiger charge is 2.02. The Labute approximate surface area is 87.7 Å². The first-order valence-corrected chi connectivity index (χ1v) is 7.02. The summed E-state index contributed by atoms with van der Waals surface area (Å²) < 4.78 is 2.21. The third kappa shape index (κ3) is 1.25. The molecule has 0 N–H and O–H groups in total. The van der Waals surface area contributed by atoms with Gasteiger partial charge in [-0.05, 0) is 21.1 Å². The molecule has 0 bridgehead atoms. The van der Waals surface area contributed by atoms with E-state index in [2.05, 4.69) is 63.2 Å². The lowest BCUT2D eigenvalue weighted by Crippen LogP contribution is -1.86. The van der Waals surface area contributed by atoms with E-state index in [-0.39, 0.29) is 0 Å². The summed E-state index contributed by atoms with van der Waals surface area (Å²) in [5.41, 5.74) is 1.30. The molecule has 0 fully saturated rings. The Hall–Kier alpha value is -0.160. The number of aryl methyl sites for hydroxylation is 1. The Balaban J connectivity index is 2.78. The van der Waals surface area contributed by atoms with Gasteiger partial charge in [0.15, 0.2) is 0 Å². The van der Waals surface area contributed by atoms with Crippen molar-refractivity contribution >= 4 is 41.0 Å². The van der Waals surface area contributed by atoms with Crippen molar-refractivity contribution in [3.63, 3.8) is 0 Å². The van der Waals surface area contributed by atoms with Gasteiger partial charge in [-0.25, -0.2) is 0 Å². The summed E-state index contributed by atoms with van der Waals surface area (Å²) in [5, 5.41) is 2.62. The van der Waals surface area contributed by atoms with Crippen molar-refractivity contribution in [1.82, 2.24) is 4.57 Å². The maximum absolute atomic E-state index is 2.31. The summed E-state index contributed by atoms with van der Waals surface area (Å²) in [6.45, 7) is 0. The van der Waals surface area contributed by atoms with Crippen LogP contribution in [0.3, 0.4) is 0 Å². The standard InChI is InChI=1S/C9H8INS/c1-11-8-5-3-2-4-7(8)6-9(11)12-10/h2-6H,1H3. The smallest absolute Gasteiger partial charge is 0.0860 e. The molecule has 0 aliphatic heterocycles. The monoisotopic (exact) mass is 289 g/mol. The third-order valence-electron chi connectivity index (χ3n) is 1.99. The predicted molar refractivity (Wildman–Crippen MR) is 62.8 cm³/mol. The second-order valence-corrected chi connectivity index (χ2v) is 4.57. The molecular weight excluding hydrogens is 281 g/mol. The predicted octanol–water partition coefficient (Wildman–Crippen LogP) is 3.62. The highest BCUT2D eigenvalue weighted by molar-refractivity contribution is 14.2. The summed E-state index contributed by atoms with van der Waals surface area (Å²) in [7, 11) is 3.85. The first-order valence-electron chi connectivity index (χ1n) is 3.66. The van der Waals surface area contributed by atoms with Crippen molar-refractivity contribution in [2.45, 2.75) is 5.03 Å². The van der Waals surface area contributed by atoms with E-state index in [0.29, 0.717) is 0 Å². The highest BCUT2D eigenvalue weighted by atomic mass is 127. The fourth-order valence-electron chi connectivity index (χ4n) is 1.34. The molecule has 2 aromatic rings. The van der Waals surface area contributed by atoms with Crippen molar-refractivity contribution in [3.8, 4) is 0 Å². The molecular formula is C9H8INS.